The molecule has 0 aliphatic carbocycles. The van der Waals surface area contributed by atoms with Crippen LogP contribution in [0.3, 0.4) is 0 Å². The average Bonchev–Trinajstić information content (AvgIpc) is 2.96. The third-order valence-corrected chi connectivity index (χ3v) is 6.93. The van der Waals surface area contributed by atoms with E-state index in [1.807, 2.05) is 55.5 Å². The molecule has 3 heterocycles. The fourth-order valence-electron chi connectivity index (χ4n) is 4.22. The largest absolute Gasteiger partial charge is 0.329 e. The van der Waals surface area contributed by atoms with Gasteiger partial charge < -0.3 is 5.32 Å². The zero-order chi connectivity index (χ0) is 27.1. The van der Waals surface area contributed by atoms with Crippen LogP contribution in [0.4, 0.5) is 5.82 Å². The number of hydrogen-bond acceptors (Lipinski definition) is 4. The van der Waals surface area contributed by atoms with Gasteiger partial charge in [0.15, 0.2) is 0 Å². The van der Waals surface area contributed by atoms with E-state index in [4.69, 9.17) is 16.6 Å². The number of rotatable bonds is 9. The average molecular weight is 526 g/mol. The molecule has 0 bridgehead atoms. The summed E-state index contributed by atoms with van der Waals surface area (Å²) in [6, 6.07) is 15.3. The van der Waals surface area contributed by atoms with Crippen molar-refractivity contribution in [2.45, 2.75) is 40.3 Å². The number of nitrogens with zero attached hydrogens (tertiary/aromatic N) is 4. The number of aromatic nitrogens is 3. The van der Waals surface area contributed by atoms with Crippen LogP contribution in [0, 0.1) is 5.92 Å². The first kappa shape index (κ1) is 27.0. The summed E-state index contributed by atoms with van der Waals surface area (Å²) in [5.41, 5.74) is 4.83. The highest BCUT2D eigenvalue weighted by atomic mass is 35.5. The molecule has 0 saturated heterocycles. The molecule has 0 aliphatic rings. The maximum absolute atomic E-state index is 13.8. The number of hydrogen-bond donors (Lipinski definition) is 1. The van der Waals surface area contributed by atoms with E-state index < -0.39 is 0 Å². The van der Waals surface area contributed by atoms with E-state index in [9.17, 15) is 4.79 Å². The predicted octanol–water partition coefficient (Wildman–Crippen LogP) is 7.35. The molecule has 6 nitrogen and oxygen atoms in total. The van der Waals surface area contributed by atoms with Gasteiger partial charge >= 0.3 is 0 Å². The molecule has 0 aliphatic heterocycles. The molecule has 0 radical (unpaired) electrons. The maximum atomic E-state index is 13.8. The van der Waals surface area contributed by atoms with Gasteiger partial charge in [-0.1, -0.05) is 56.3 Å². The van der Waals surface area contributed by atoms with Gasteiger partial charge in [-0.2, -0.15) is 0 Å². The molecule has 3 aromatic heterocycles. The number of benzene rings is 1. The van der Waals surface area contributed by atoms with Gasteiger partial charge in [0.25, 0.3) is 5.56 Å². The zero-order valence-corrected chi connectivity index (χ0v) is 22.7. The summed E-state index contributed by atoms with van der Waals surface area (Å²) in [4.78, 5) is 26.9. The van der Waals surface area contributed by atoms with Crippen LogP contribution >= 0.6 is 11.6 Å². The molecule has 4 rings (SSSR count). The van der Waals surface area contributed by atoms with Crippen LogP contribution in [0.5, 0.6) is 0 Å². The highest BCUT2D eigenvalue weighted by Gasteiger charge is 2.19. The van der Waals surface area contributed by atoms with E-state index >= 15 is 0 Å². The first-order valence-corrected chi connectivity index (χ1v) is 13.1. The summed E-state index contributed by atoms with van der Waals surface area (Å²) >= 11 is 6.73. The molecule has 0 spiro atoms. The van der Waals surface area contributed by atoms with E-state index in [1.54, 1.807) is 35.4 Å². The van der Waals surface area contributed by atoms with E-state index in [-0.39, 0.29) is 11.5 Å². The minimum atomic E-state index is -0.130. The number of halogens is 1. The van der Waals surface area contributed by atoms with E-state index in [0.717, 1.165) is 34.5 Å². The molecular formula is C31H32ClN5O. The molecule has 1 N–H and O–H groups in total. The molecule has 1 atom stereocenters. The second kappa shape index (κ2) is 12.5. The summed E-state index contributed by atoms with van der Waals surface area (Å²) in [5, 5.41) is 3.99. The number of pyridine rings is 3. The van der Waals surface area contributed by atoms with Crippen molar-refractivity contribution in [3.8, 4) is 22.3 Å². The van der Waals surface area contributed by atoms with Gasteiger partial charge in [-0.3, -0.25) is 24.3 Å². The van der Waals surface area contributed by atoms with Gasteiger partial charge in [-0.15, -0.1) is 0 Å². The summed E-state index contributed by atoms with van der Waals surface area (Å²) < 4.78 is 1.72. The smallest absolute Gasteiger partial charge is 0.260 e. The molecule has 0 saturated carbocycles. The van der Waals surface area contributed by atoms with Crippen LogP contribution < -0.4 is 10.9 Å². The maximum Gasteiger partial charge on any atom is 0.260 e. The van der Waals surface area contributed by atoms with Crippen LogP contribution in [-0.2, 0) is 13.1 Å². The molecular weight excluding hydrogens is 494 g/mol. The molecule has 194 valence electrons. The van der Waals surface area contributed by atoms with Crippen LogP contribution in [0.25, 0.3) is 28.3 Å². The van der Waals surface area contributed by atoms with Crippen LogP contribution in [-0.4, -0.2) is 20.4 Å². The van der Waals surface area contributed by atoms with Crippen molar-refractivity contribution < 1.29 is 0 Å². The highest BCUT2D eigenvalue weighted by Crippen LogP contribution is 2.32. The summed E-state index contributed by atoms with van der Waals surface area (Å²) in [7, 11) is 0. The lowest BCUT2D eigenvalue weighted by atomic mass is 10.00. The normalized spacial score (nSPS) is 12.3. The molecule has 0 amide bonds. The third-order valence-electron chi connectivity index (χ3n) is 6.62. The van der Waals surface area contributed by atoms with Gasteiger partial charge in [-0.25, -0.2) is 0 Å². The third kappa shape index (κ3) is 5.92. The first-order valence-electron chi connectivity index (χ1n) is 12.8. The highest BCUT2D eigenvalue weighted by molar-refractivity contribution is 6.33. The lowest BCUT2D eigenvalue weighted by molar-refractivity contribution is 0.717. The zero-order valence-electron chi connectivity index (χ0n) is 22.0. The second-order valence-electron chi connectivity index (χ2n) is 9.04. The Morgan fingerprint density at radius 1 is 1.08 bits per heavy atom. The standard InChI is InChI=1S/C31H32ClN5O/c1-5-21(4)29(35-19-22-12-15-33-16-13-22)36-30-23(6-2)17-27(31(38)37(30)7-3)26-11-10-24(18-28(26)32)25-9-8-14-34-20-25/h6,8-18,20-21H,2,5,7,19H2,1,3-4H3,(H,35,36). The number of nitrogens with one attached hydrogen (secondary N) is 1. The fraction of sp³-hybridized carbons (Fsp3) is 0.226. The molecule has 1 unspecified atom stereocenters. The van der Waals surface area contributed by atoms with Gasteiger partial charge in [0, 0.05) is 64.5 Å². The SMILES string of the molecule is C=Cc1cc(-c2ccc(-c3cccnc3)cc2Cl)c(=O)n(CC)c1NC(=NCc1ccncc1)C(C)CC. The Hall–Kier alpha value is -4.03. The van der Waals surface area contributed by atoms with Crippen molar-refractivity contribution in [3.05, 3.63) is 106 Å². The Labute approximate surface area is 228 Å². The quantitative estimate of drug-likeness (QED) is 0.183. The van der Waals surface area contributed by atoms with Crippen molar-refractivity contribution >= 4 is 29.3 Å². The van der Waals surface area contributed by atoms with Crippen molar-refractivity contribution in [1.29, 1.82) is 0 Å². The van der Waals surface area contributed by atoms with Crippen molar-refractivity contribution in [2.24, 2.45) is 10.9 Å². The minimum absolute atomic E-state index is 0.130. The summed E-state index contributed by atoms with van der Waals surface area (Å²) in [6.07, 6.45) is 9.70. The minimum Gasteiger partial charge on any atom is -0.329 e. The van der Waals surface area contributed by atoms with Crippen molar-refractivity contribution in [1.82, 2.24) is 14.5 Å². The molecule has 1 aromatic carbocycles. The Kier molecular flexibility index (Phi) is 8.87. The fourth-order valence-corrected chi connectivity index (χ4v) is 4.51. The van der Waals surface area contributed by atoms with Crippen molar-refractivity contribution in [3.63, 3.8) is 0 Å². The van der Waals surface area contributed by atoms with Crippen molar-refractivity contribution in [2.75, 3.05) is 5.32 Å². The number of aliphatic imine (C=N–C) groups is 1. The Morgan fingerprint density at radius 2 is 1.87 bits per heavy atom. The van der Waals surface area contributed by atoms with E-state index in [0.29, 0.717) is 35.1 Å². The van der Waals surface area contributed by atoms with Gasteiger partial charge in [0.1, 0.15) is 11.7 Å². The van der Waals surface area contributed by atoms with E-state index in [1.165, 1.54) is 0 Å². The Balaban J connectivity index is 1.76. The van der Waals surface area contributed by atoms with Crippen LogP contribution in [0.15, 0.2) is 89.7 Å². The lowest BCUT2D eigenvalue weighted by Gasteiger charge is -2.22. The van der Waals surface area contributed by atoms with Gasteiger partial charge in [-0.05, 0) is 54.8 Å². The molecule has 0 fully saturated rings. The topological polar surface area (TPSA) is 72.2 Å². The van der Waals surface area contributed by atoms with Gasteiger partial charge in [0.2, 0.25) is 0 Å². The molecule has 4 aromatic rings. The molecule has 7 heteroatoms. The first-order chi connectivity index (χ1) is 18.5. The summed E-state index contributed by atoms with van der Waals surface area (Å²) in [6.45, 7) is 11.2. The number of amidine groups is 1. The Bertz CT molecular complexity index is 1500. The predicted molar refractivity (Wildman–Crippen MR) is 159 cm³/mol. The summed E-state index contributed by atoms with van der Waals surface area (Å²) in [5.74, 6) is 1.66. The van der Waals surface area contributed by atoms with Gasteiger partial charge in [0.05, 0.1) is 6.54 Å². The lowest BCUT2D eigenvalue weighted by Crippen LogP contribution is -2.29. The van der Waals surface area contributed by atoms with Crippen LogP contribution in [0.1, 0.15) is 38.3 Å². The monoisotopic (exact) mass is 525 g/mol. The second-order valence-corrected chi connectivity index (χ2v) is 9.45. The Morgan fingerprint density at radius 3 is 2.50 bits per heavy atom. The van der Waals surface area contributed by atoms with E-state index in [2.05, 4.69) is 35.7 Å². The molecule has 38 heavy (non-hydrogen) atoms. The van der Waals surface area contributed by atoms with Crippen LogP contribution in [0.2, 0.25) is 5.02 Å². The number of anilines is 1.